The van der Waals surface area contributed by atoms with Gasteiger partial charge in [-0.05, 0) is 72.1 Å². The van der Waals surface area contributed by atoms with Crippen LogP contribution in [-0.4, -0.2) is 99.0 Å². The molecule has 71 heavy (non-hydrogen) atoms. The summed E-state index contributed by atoms with van der Waals surface area (Å²) in [6.45, 7) is 24.7. The molecule has 374 valence electrons. The smallest absolute Gasteiger partial charge is 0.243 e. The lowest BCUT2D eigenvalue weighted by molar-refractivity contribution is -0.146. The average Bonchev–Trinajstić information content (AvgIpc) is 4.09. The lowest BCUT2D eigenvalue weighted by Crippen LogP contribution is -2.50. The third-order valence-corrected chi connectivity index (χ3v) is 16.1. The number of H-pyrrole nitrogens is 1. The number of benzene rings is 3. The monoisotopic (exact) mass is 980 g/mol. The van der Waals surface area contributed by atoms with Crippen LogP contribution in [0.2, 0.25) is 0 Å². The van der Waals surface area contributed by atoms with Gasteiger partial charge in [0.15, 0.2) is 11.5 Å². The summed E-state index contributed by atoms with van der Waals surface area (Å²) in [7, 11) is 0. The zero-order valence-corrected chi connectivity index (χ0v) is 43.3. The lowest BCUT2D eigenvalue weighted by atomic mass is 9.70. The van der Waals surface area contributed by atoms with Crippen molar-refractivity contribution in [3.05, 3.63) is 111 Å². The molecule has 2 aromatic heterocycles. The molecule has 5 aromatic rings. The number of anilines is 1. The number of aliphatic hydroxyl groups is 1. The number of β-amino-alcohol motifs (C(OH)–C–C–N with tert-alkyl or cyclic N) is 1. The number of amides is 3. The van der Waals surface area contributed by atoms with Gasteiger partial charge in [-0.1, -0.05) is 97.2 Å². The molecule has 0 bridgehead atoms. The maximum absolute atomic E-state index is 14.1. The summed E-state index contributed by atoms with van der Waals surface area (Å²) in [5, 5.41) is 14.5. The molecule has 3 N–H and O–H groups in total. The summed E-state index contributed by atoms with van der Waals surface area (Å²) in [5.74, 6) is -1.03. The Kier molecular flexibility index (Phi) is 15.3. The third-order valence-electron chi connectivity index (χ3n) is 15.2. The Morgan fingerprint density at radius 3 is 2.34 bits per heavy atom. The predicted molar refractivity (Wildman–Crippen MR) is 280 cm³/mol. The summed E-state index contributed by atoms with van der Waals surface area (Å²) in [6.07, 6.45) is 5.18. The van der Waals surface area contributed by atoms with Gasteiger partial charge in [0.1, 0.15) is 11.8 Å². The molecule has 0 radical (unpaired) electrons. The van der Waals surface area contributed by atoms with Crippen molar-refractivity contribution in [2.75, 3.05) is 37.6 Å². The van der Waals surface area contributed by atoms with Gasteiger partial charge in [0, 0.05) is 104 Å². The molecule has 3 amide bonds. The molecule has 1 aliphatic carbocycles. The normalized spacial score (nSPS) is 18.0. The Morgan fingerprint density at radius 2 is 1.68 bits per heavy atom. The Balaban J connectivity index is 0.762. The van der Waals surface area contributed by atoms with E-state index in [1.807, 2.05) is 74.5 Å². The van der Waals surface area contributed by atoms with Gasteiger partial charge in [-0.3, -0.25) is 24.0 Å². The molecule has 3 aromatic carbocycles. The minimum absolute atomic E-state index is 0.00958. The molecule has 2 aliphatic heterocycles. The van der Waals surface area contributed by atoms with Crippen LogP contribution in [0.3, 0.4) is 0 Å². The first-order chi connectivity index (χ1) is 33.9. The number of aromatic amines is 1. The maximum atomic E-state index is 14.1. The molecule has 8 rings (SSSR count). The SMILES string of the molecule is [C-]#[N+]c1ccc2c3c([nH]c2c1)C(C)(C)c1cc(N2CCN(C(=O)CCCCCCCC(=O)C[C@H](C(=O)N4C[C@H](O)C[C@H]4C(=O)NCc4ccc(-c5scnc5C)cc4)C(C)(C)C)CC2)c(CC)cc1C3=O. The van der Waals surface area contributed by atoms with Crippen molar-refractivity contribution < 1.29 is 29.1 Å². The van der Waals surface area contributed by atoms with Gasteiger partial charge in [-0.15, -0.1) is 11.3 Å². The van der Waals surface area contributed by atoms with Crippen molar-refractivity contribution >= 4 is 62.9 Å². The first kappa shape index (κ1) is 51.2. The van der Waals surface area contributed by atoms with Gasteiger partial charge in [0.25, 0.3) is 0 Å². The molecule has 0 spiro atoms. The fraction of sp³-hybridized carbons (Fsp3) is 0.491. The number of fused-ring (bicyclic) bond motifs is 4. The van der Waals surface area contributed by atoms with E-state index >= 15 is 0 Å². The van der Waals surface area contributed by atoms with Crippen LogP contribution in [0, 0.1) is 24.8 Å². The van der Waals surface area contributed by atoms with Gasteiger partial charge in [-0.2, -0.15) is 0 Å². The first-order valence-corrected chi connectivity index (χ1v) is 26.3. The Bertz CT molecular complexity index is 2860. The van der Waals surface area contributed by atoms with E-state index in [1.54, 1.807) is 17.4 Å². The molecule has 2 fully saturated rings. The van der Waals surface area contributed by atoms with Gasteiger partial charge in [0.05, 0.1) is 34.3 Å². The van der Waals surface area contributed by atoms with E-state index in [1.165, 1.54) is 4.90 Å². The summed E-state index contributed by atoms with van der Waals surface area (Å²) >= 11 is 1.58. The number of piperazine rings is 1. The van der Waals surface area contributed by atoms with E-state index in [4.69, 9.17) is 6.57 Å². The second-order valence-corrected chi connectivity index (χ2v) is 22.3. The number of Topliss-reactive ketones (excluding diaryl/α,β-unsaturated/α-hetero) is 1. The van der Waals surface area contributed by atoms with Crippen LogP contribution in [0.25, 0.3) is 26.2 Å². The molecule has 14 heteroatoms. The molecule has 3 aliphatic rings. The molecule has 0 saturated carbocycles. The van der Waals surface area contributed by atoms with Crippen LogP contribution in [0.15, 0.2) is 60.1 Å². The van der Waals surface area contributed by atoms with Gasteiger partial charge in [-0.25, -0.2) is 9.83 Å². The number of hydrogen-bond donors (Lipinski definition) is 3. The van der Waals surface area contributed by atoms with Crippen molar-refractivity contribution in [1.29, 1.82) is 0 Å². The Hall–Kier alpha value is -6.17. The predicted octanol–water partition coefficient (Wildman–Crippen LogP) is 9.86. The van der Waals surface area contributed by atoms with Crippen LogP contribution >= 0.6 is 11.3 Å². The second-order valence-electron chi connectivity index (χ2n) is 21.4. The highest BCUT2D eigenvalue weighted by molar-refractivity contribution is 7.13. The number of rotatable bonds is 17. The minimum Gasteiger partial charge on any atom is -0.391 e. The van der Waals surface area contributed by atoms with E-state index in [2.05, 4.69) is 57.9 Å². The largest absolute Gasteiger partial charge is 0.391 e. The lowest BCUT2D eigenvalue weighted by Gasteiger charge is -2.39. The fourth-order valence-electron chi connectivity index (χ4n) is 10.9. The van der Waals surface area contributed by atoms with E-state index in [0.717, 1.165) is 92.8 Å². The summed E-state index contributed by atoms with van der Waals surface area (Å²) in [6, 6.07) is 16.9. The zero-order valence-electron chi connectivity index (χ0n) is 42.5. The number of carbonyl (C=O) groups is 5. The number of hydrogen-bond acceptors (Lipinski definition) is 9. The minimum atomic E-state index is -0.823. The number of unbranched alkanes of at least 4 members (excludes halogenated alkanes) is 4. The Morgan fingerprint density at radius 1 is 0.972 bits per heavy atom. The molecular formula is C57H69N7O6S. The zero-order chi connectivity index (χ0) is 50.8. The maximum Gasteiger partial charge on any atom is 0.243 e. The molecule has 3 atom stereocenters. The summed E-state index contributed by atoms with van der Waals surface area (Å²) in [4.78, 5) is 86.9. The van der Waals surface area contributed by atoms with E-state index in [-0.39, 0.29) is 55.2 Å². The quantitative estimate of drug-likeness (QED) is 0.0613. The number of likely N-dealkylation sites (tertiary alicyclic amines) is 1. The fourth-order valence-corrected chi connectivity index (χ4v) is 11.7. The molecular weight excluding hydrogens is 911 g/mol. The standard InChI is InChI=1S/C57H69N7O6S/c1-9-37-27-43-44(57(6,7)53-50(51(43)68)42-22-21-39(58-8)28-46(42)61-53)31-47(37)62-23-25-63(26-24-62)49(67)16-14-12-10-11-13-15-40(65)29-45(56(3,4)5)55(70)64-33-41(66)30-48(64)54(69)59-32-36-17-19-38(20-18-36)52-35(2)60-34-71-52/h17-22,27-28,31,34,41,45,48,61,66H,9-16,23-26,29-30,32-33H2,1-7H3,(H,59,69)/t41-,45-,48+/m1/s1. The molecule has 4 heterocycles. The topological polar surface area (TPSA) is 160 Å². The van der Waals surface area contributed by atoms with Crippen LogP contribution < -0.4 is 10.2 Å². The van der Waals surface area contributed by atoms with E-state index < -0.39 is 28.9 Å². The first-order valence-electron chi connectivity index (χ1n) is 25.4. The van der Waals surface area contributed by atoms with Gasteiger partial charge < -0.3 is 30.1 Å². The number of aryl methyl sites for hydroxylation is 2. The number of aliphatic hydroxyl groups excluding tert-OH is 1. The number of carbonyl (C=O) groups excluding carboxylic acids is 5. The summed E-state index contributed by atoms with van der Waals surface area (Å²) in [5.41, 5.74) is 10.6. The number of ketones is 2. The average molecular weight is 980 g/mol. The molecule has 13 nitrogen and oxygen atoms in total. The number of aromatic nitrogens is 2. The highest BCUT2D eigenvalue weighted by Crippen LogP contribution is 2.46. The third kappa shape index (κ3) is 10.9. The van der Waals surface area contributed by atoms with E-state index in [0.29, 0.717) is 56.7 Å². The number of nitrogens with one attached hydrogen (secondary N) is 2. The van der Waals surface area contributed by atoms with Crippen molar-refractivity contribution in [2.24, 2.45) is 11.3 Å². The molecule has 0 unspecified atom stereocenters. The summed E-state index contributed by atoms with van der Waals surface area (Å²) < 4.78 is 0. The number of nitrogens with zero attached hydrogens (tertiary/aromatic N) is 5. The van der Waals surface area contributed by atoms with Crippen LogP contribution in [0.1, 0.15) is 143 Å². The van der Waals surface area contributed by atoms with Crippen molar-refractivity contribution in [1.82, 2.24) is 25.1 Å². The van der Waals surface area contributed by atoms with Crippen LogP contribution in [-0.2, 0) is 37.6 Å². The molecule has 2 saturated heterocycles. The van der Waals surface area contributed by atoms with E-state index in [9.17, 15) is 29.1 Å². The van der Waals surface area contributed by atoms with Crippen LogP contribution in [0.4, 0.5) is 11.4 Å². The van der Waals surface area contributed by atoms with Gasteiger partial charge in [0.2, 0.25) is 17.7 Å². The Labute approximate surface area is 422 Å². The van der Waals surface area contributed by atoms with Gasteiger partial charge >= 0.3 is 0 Å². The van der Waals surface area contributed by atoms with Crippen molar-refractivity contribution in [3.8, 4) is 10.4 Å². The highest BCUT2D eigenvalue weighted by Gasteiger charge is 2.45. The number of thiazole rings is 1. The van der Waals surface area contributed by atoms with Crippen LogP contribution in [0.5, 0.6) is 0 Å². The second kappa shape index (κ2) is 21.3. The van der Waals surface area contributed by atoms with Crippen molar-refractivity contribution in [2.45, 2.75) is 137 Å². The van der Waals surface area contributed by atoms with Crippen molar-refractivity contribution in [3.63, 3.8) is 0 Å². The highest BCUT2D eigenvalue weighted by atomic mass is 32.1.